The number of carbonyl (C=O) groups excluding carboxylic acids is 1. The normalized spacial score (nSPS) is 14.6. The van der Waals surface area contributed by atoms with Crippen LogP contribution in [0.5, 0.6) is 11.5 Å². The summed E-state index contributed by atoms with van der Waals surface area (Å²) >= 11 is 0. The molecule has 0 bridgehead atoms. The fourth-order valence-corrected chi connectivity index (χ4v) is 5.19. The molecule has 2 heterocycles. The first-order valence-corrected chi connectivity index (χ1v) is 12.6. The maximum Gasteiger partial charge on any atom is 0.330 e. The van der Waals surface area contributed by atoms with Crippen molar-refractivity contribution in [1.29, 1.82) is 0 Å². The smallest absolute Gasteiger partial charge is 0.330 e. The number of fused-ring (bicyclic) bond motifs is 3. The maximum absolute atomic E-state index is 13.8. The predicted molar refractivity (Wildman–Crippen MR) is 142 cm³/mol. The highest BCUT2D eigenvalue weighted by atomic mass is 16.5. The molecule has 2 aliphatic rings. The van der Waals surface area contributed by atoms with E-state index in [1.54, 1.807) is 23.4 Å². The minimum Gasteiger partial charge on any atom is -0.493 e. The third-order valence-electron chi connectivity index (χ3n) is 7.21. The van der Waals surface area contributed by atoms with Crippen LogP contribution >= 0.6 is 0 Å². The fraction of sp³-hybridized carbons (Fsp3) is 0.393. The van der Waals surface area contributed by atoms with Gasteiger partial charge < -0.3 is 20.5 Å². The van der Waals surface area contributed by atoms with Gasteiger partial charge in [-0.1, -0.05) is 12.1 Å². The van der Waals surface area contributed by atoms with E-state index in [0.717, 1.165) is 33.6 Å². The molecule has 9 heteroatoms. The third kappa shape index (κ3) is 4.73. The van der Waals surface area contributed by atoms with Crippen LogP contribution in [0, 0.1) is 13.8 Å². The molecule has 1 aromatic heterocycles. The lowest BCUT2D eigenvalue weighted by atomic mass is 9.97. The van der Waals surface area contributed by atoms with E-state index in [1.165, 1.54) is 18.4 Å². The molecule has 0 unspecified atom stereocenters. The summed E-state index contributed by atoms with van der Waals surface area (Å²) in [7, 11) is 3.22. The first-order chi connectivity index (χ1) is 17.8. The van der Waals surface area contributed by atoms with Crippen molar-refractivity contribution in [3.63, 3.8) is 0 Å². The number of hydrogen-bond acceptors (Lipinski definition) is 5. The van der Waals surface area contributed by atoms with Gasteiger partial charge in [0.05, 0.1) is 25.6 Å². The SMILES string of the molecule is COc1cc2c(cc1OC)-c1c/c(=N\c3c(C)cc(C4CC4)cc3C)n(CCNC(N)=O)c(=O)n1CC2. The number of ether oxygens (including phenoxy) is 2. The van der Waals surface area contributed by atoms with Crippen molar-refractivity contribution in [3.05, 3.63) is 68.6 Å². The van der Waals surface area contributed by atoms with Crippen molar-refractivity contribution in [2.45, 2.75) is 52.1 Å². The van der Waals surface area contributed by atoms with E-state index in [-0.39, 0.29) is 18.8 Å². The van der Waals surface area contributed by atoms with E-state index < -0.39 is 6.03 Å². The number of methoxy groups -OCH3 is 2. The molecule has 0 saturated heterocycles. The molecule has 0 atom stereocenters. The molecule has 1 aliphatic heterocycles. The summed E-state index contributed by atoms with van der Waals surface area (Å²) in [6, 6.07) is 9.63. The molecular formula is C28H33N5O4. The van der Waals surface area contributed by atoms with E-state index >= 15 is 0 Å². The lowest BCUT2D eigenvalue weighted by Gasteiger charge is -2.24. The molecular weight excluding hydrogens is 470 g/mol. The van der Waals surface area contributed by atoms with Crippen LogP contribution in [0.15, 0.2) is 40.1 Å². The second-order valence-electron chi connectivity index (χ2n) is 9.77. The van der Waals surface area contributed by atoms with Gasteiger partial charge in [-0.05, 0) is 73.4 Å². The van der Waals surface area contributed by atoms with Gasteiger partial charge >= 0.3 is 11.7 Å². The van der Waals surface area contributed by atoms with Crippen molar-refractivity contribution in [2.75, 3.05) is 20.8 Å². The molecule has 0 spiro atoms. The number of benzene rings is 2. The van der Waals surface area contributed by atoms with Crippen molar-refractivity contribution >= 4 is 11.7 Å². The third-order valence-corrected chi connectivity index (χ3v) is 7.21. The second kappa shape index (κ2) is 9.80. The number of aromatic nitrogens is 2. The highest BCUT2D eigenvalue weighted by Crippen LogP contribution is 2.42. The summed E-state index contributed by atoms with van der Waals surface area (Å²) < 4.78 is 14.4. The number of rotatable bonds is 7. The number of amides is 2. The zero-order valence-corrected chi connectivity index (χ0v) is 21.8. The number of nitrogens with zero attached hydrogens (tertiary/aromatic N) is 3. The van der Waals surface area contributed by atoms with Crippen LogP contribution in [0.1, 0.15) is 41.0 Å². The van der Waals surface area contributed by atoms with Gasteiger partial charge in [0.1, 0.15) is 5.49 Å². The first-order valence-electron chi connectivity index (χ1n) is 12.6. The Kier molecular flexibility index (Phi) is 6.54. The highest BCUT2D eigenvalue weighted by molar-refractivity contribution is 5.71. The summed E-state index contributed by atoms with van der Waals surface area (Å²) in [5.41, 5.74) is 12.7. The zero-order chi connectivity index (χ0) is 26.3. The Morgan fingerprint density at radius 1 is 1.08 bits per heavy atom. The Labute approximate surface area is 215 Å². The van der Waals surface area contributed by atoms with Crippen LogP contribution < -0.4 is 31.7 Å². The number of urea groups is 1. The van der Waals surface area contributed by atoms with Crippen LogP contribution in [0.3, 0.4) is 0 Å². The average Bonchev–Trinajstić information content (AvgIpc) is 3.72. The number of nitrogens with two attached hydrogens (primary N) is 1. The lowest BCUT2D eigenvalue weighted by molar-refractivity contribution is 0.248. The molecule has 1 aliphatic carbocycles. The Hall–Kier alpha value is -4.01. The molecule has 37 heavy (non-hydrogen) atoms. The van der Waals surface area contributed by atoms with Crippen molar-refractivity contribution in [3.8, 4) is 22.8 Å². The molecule has 1 fully saturated rings. The molecule has 0 radical (unpaired) electrons. The Morgan fingerprint density at radius 2 is 1.76 bits per heavy atom. The topological polar surface area (TPSA) is 113 Å². The van der Waals surface area contributed by atoms with E-state index in [4.69, 9.17) is 20.2 Å². The van der Waals surface area contributed by atoms with Gasteiger partial charge in [0.2, 0.25) is 0 Å². The summed E-state index contributed by atoms with van der Waals surface area (Å²) in [4.78, 5) is 30.1. The quantitative estimate of drug-likeness (QED) is 0.515. The van der Waals surface area contributed by atoms with E-state index in [1.807, 2.05) is 18.2 Å². The van der Waals surface area contributed by atoms with Gasteiger partial charge in [0.15, 0.2) is 11.5 Å². The maximum atomic E-state index is 13.8. The van der Waals surface area contributed by atoms with Crippen molar-refractivity contribution in [1.82, 2.24) is 14.5 Å². The zero-order valence-electron chi connectivity index (χ0n) is 21.8. The minimum absolute atomic E-state index is 0.187. The van der Waals surface area contributed by atoms with Crippen LogP contribution in [0.4, 0.5) is 10.5 Å². The molecule has 194 valence electrons. The standard InChI is InChI=1S/C28H33N5O4/c1-16-11-20(18-5-6-18)12-17(2)26(16)31-25-15-22-21-14-24(37-4)23(36-3)13-19(21)7-9-32(22)28(35)33(25)10-8-30-27(29)34/h11-15,18H,5-10H2,1-4H3,(H3,29,30,34)/b31-25+. The van der Waals surface area contributed by atoms with Gasteiger partial charge in [0.25, 0.3) is 0 Å². The van der Waals surface area contributed by atoms with E-state index in [2.05, 4.69) is 31.3 Å². The first kappa shape index (κ1) is 24.7. The fourth-order valence-electron chi connectivity index (χ4n) is 5.19. The summed E-state index contributed by atoms with van der Waals surface area (Å²) in [5, 5.41) is 2.58. The summed E-state index contributed by atoms with van der Waals surface area (Å²) in [5.74, 6) is 1.91. The van der Waals surface area contributed by atoms with Crippen LogP contribution in [-0.2, 0) is 19.5 Å². The monoisotopic (exact) mass is 503 g/mol. The van der Waals surface area contributed by atoms with Gasteiger partial charge in [0, 0.05) is 31.3 Å². The van der Waals surface area contributed by atoms with Gasteiger partial charge in [-0.3, -0.25) is 9.13 Å². The lowest BCUT2D eigenvalue weighted by Crippen LogP contribution is -2.44. The highest BCUT2D eigenvalue weighted by Gasteiger charge is 2.25. The average molecular weight is 504 g/mol. The summed E-state index contributed by atoms with van der Waals surface area (Å²) in [6.07, 6.45) is 3.15. The van der Waals surface area contributed by atoms with E-state index in [9.17, 15) is 9.59 Å². The number of nitrogens with one attached hydrogen (secondary N) is 1. The van der Waals surface area contributed by atoms with Gasteiger partial charge in [-0.25, -0.2) is 14.6 Å². The molecule has 3 N–H and O–H groups in total. The number of carbonyl (C=O) groups is 1. The Morgan fingerprint density at radius 3 is 2.38 bits per heavy atom. The van der Waals surface area contributed by atoms with Gasteiger partial charge in [-0.15, -0.1) is 0 Å². The van der Waals surface area contributed by atoms with Crippen LogP contribution in [0.2, 0.25) is 0 Å². The van der Waals surface area contributed by atoms with Crippen LogP contribution in [0.25, 0.3) is 11.3 Å². The molecule has 5 rings (SSSR count). The van der Waals surface area contributed by atoms with Crippen molar-refractivity contribution < 1.29 is 14.3 Å². The van der Waals surface area contributed by atoms with Crippen molar-refractivity contribution in [2.24, 2.45) is 10.7 Å². The molecule has 2 aromatic carbocycles. The second-order valence-corrected chi connectivity index (χ2v) is 9.77. The number of hydrogen-bond donors (Lipinski definition) is 2. The minimum atomic E-state index is -0.630. The molecule has 9 nitrogen and oxygen atoms in total. The molecule has 3 aromatic rings. The summed E-state index contributed by atoms with van der Waals surface area (Å²) in [6.45, 7) is 5.12. The molecule has 2 amide bonds. The van der Waals surface area contributed by atoms with Gasteiger partial charge in [-0.2, -0.15) is 0 Å². The number of primary amides is 1. The van der Waals surface area contributed by atoms with E-state index in [0.29, 0.717) is 35.9 Å². The largest absolute Gasteiger partial charge is 0.493 e. The predicted octanol–water partition coefficient (Wildman–Crippen LogP) is 3.29. The Balaban J connectivity index is 1.71. The molecule has 1 saturated carbocycles. The Bertz CT molecular complexity index is 1490. The number of aryl methyl sites for hydroxylation is 3. The van der Waals surface area contributed by atoms with Crippen LogP contribution in [-0.4, -0.2) is 35.9 Å².